The first-order valence-electron chi connectivity index (χ1n) is 9.66. The minimum Gasteiger partial charge on any atom is -0.381 e. The summed E-state index contributed by atoms with van der Waals surface area (Å²) in [6.07, 6.45) is 2.31. The van der Waals surface area contributed by atoms with E-state index in [1.54, 1.807) is 0 Å². The van der Waals surface area contributed by atoms with E-state index in [0.29, 0.717) is 12.0 Å². The van der Waals surface area contributed by atoms with Crippen molar-refractivity contribution in [3.05, 3.63) is 66.2 Å². The number of nitrogens with zero attached hydrogens (tertiary/aromatic N) is 2. The highest BCUT2D eigenvalue weighted by molar-refractivity contribution is 5.94. The minimum absolute atomic E-state index is 0.179. The van der Waals surface area contributed by atoms with Gasteiger partial charge in [0, 0.05) is 50.0 Å². The topological polar surface area (TPSA) is 35.6 Å². The summed E-state index contributed by atoms with van der Waals surface area (Å²) in [6, 6.07) is 20.6. The zero-order valence-electron chi connectivity index (χ0n) is 15.2. The van der Waals surface area contributed by atoms with Gasteiger partial charge in [-0.15, -0.1) is 0 Å². The van der Waals surface area contributed by atoms with Crippen LogP contribution in [0.5, 0.6) is 0 Å². The van der Waals surface area contributed by atoms with Crippen LogP contribution >= 0.6 is 0 Å². The van der Waals surface area contributed by atoms with E-state index in [4.69, 9.17) is 0 Å². The number of para-hydroxylation sites is 1. The third-order valence-electron chi connectivity index (χ3n) is 5.53. The quantitative estimate of drug-likeness (QED) is 0.899. The first-order chi connectivity index (χ1) is 12.8. The number of hydrogen-bond donors (Lipinski definition) is 1. The third-order valence-corrected chi connectivity index (χ3v) is 5.53. The number of nitrogens with one attached hydrogen (secondary N) is 1. The number of benzene rings is 2. The Labute approximate surface area is 155 Å². The van der Waals surface area contributed by atoms with Crippen LogP contribution in [0.25, 0.3) is 0 Å². The van der Waals surface area contributed by atoms with Gasteiger partial charge >= 0.3 is 0 Å². The first-order valence-corrected chi connectivity index (χ1v) is 9.66. The summed E-state index contributed by atoms with van der Waals surface area (Å²) in [5, 5.41) is 3.64. The van der Waals surface area contributed by atoms with Crippen molar-refractivity contribution in [2.75, 3.05) is 38.0 Å². The summed E-state index contributed by atoms with van der Waals surface area (Å²) in [7, 11) is 0. The Morgan fingerprint density at radius 3 is 2.42 bits per heavy atom. The molecule has 4 heteroatoms. The summed E-state index contributed by atoms with van der Waals surface area (Å²) < 4.78 is 0. The largest absolute Gasteiger partial charge is 0.381 e. The second kappa shape index (κ2) is 7.92. The van der Waals surface area contributed by atoms with Crippen molar-refractivity contribution in [1.29, 1.82) is 0 Å². The average Bonchev–Trinajstić information content (AvgIpc) is 3.33. The number of rotatable bonds is 5. The lowest BCUT2D eigenvalue weighted by atomic mass is 10.1. The number of likely N-dealkylation sites (tertiary alicyclic amines) is 2. The summed E-state index contributed by atoms with van der Waals surface area (Å²) >= 11 is 0. The molecule has 0 spiro atoms. The summed E-state index contributed by atoms with van der Waals surface area (Å²) in [4.78, 5) is 17.2. The monoisotopic (exact) mass is 349 g/mol. The molecule has 0 aliphatic carbocycles. The van der Waals surface area contributed by atoms with Gasteiger partial charge in [0.2, 0.25) is 0 Å². The Balaban J connectivity index is 1.25. The van der Waals surface area contributed by atoms with E-state index in [-0.39, 0.29) is 5.91 Å². The predicted octanol–water partition coefficient (Wildman–Crippen LogP) is 3.34. The maximum absolute atomic E-state index is 12.6. The molecule has 2 heterocycles. The average molecular weight is 349 g/mol. The maximum atomic E-state index is 12.6. The van der Waals surface area contributed by atoms with E-state index >= 15 is 0 Å². The molecule has 0 saturated carbocycles. The van der Waals surface area contributed by atoms with E-state index in [1.807, 2.05) is 35.2 Å². The van der Waals surface area contributed by atoms with Crippen molar-refractivity contribution in [2.45, 2.75) is 18.9 Å². The van der Waals surface area contributed by atoms with Gasteiger partial charge in [0.1, 0.15) is 0 Å². The van der Waals surface area contributed by atoms with E-state index in [9.17, 15) is 4.79 Å². The predicted molar refractivity (Wildman–Crippen MR) is 105 cm³/mol. The molecule has 0 unspecified atom stereocenters. The Hall–Kier alpha value is -2.33. The molecule has 2 aliphatic heterocycles. The van der Waals surface area contributed by atoms with Gasteiger partial charge in [0.05, 0.1) is 0 Å². The fourth-order valence-electron chi connectivity index (χ4n) is 4.18. The van der Waals surface area contributed by atoms with Crippen molar-refractivity contribution >= 4 is 11.6 Å². The molecule has 0 bridgehead atoms. The van der Waals surface area contributed by atoms with Crippen LogP contribution in [-0.2, 0) is 0 Å². The van der Waals surface area contributed by atoms with Crippen LogP contribution < -0.4 is 5.32 Å². The molecule has 2 aliphatic rings. The fourth-order valence-corrected chi connectivity index (χ4v) is 4.18. The lowest BCUT2D eigenvalue weighted by molar-refractivity contribution is 0.0784. The van der Waals surface area contributed by atoms with Gasteiger partial charge < -0.3 is 15.1 Å². The van der Waals surface area contributed by atoms with Gasteiger partial charge in [-0.25, -0.2) is 0 Å². The SMILES string of the molecule is O=C(c1ccccc1)N1CC[C@@H](CN2CC[C@@H](Nc3ccccc3)C2)C1. The Kier molecular flexibility index (Phi) is 5.21. The number of anilines is 1. The summed E-state index contributed by atoms with van der Waals surface area (Å²) in [5.41, 5.74) is 2.02. The zero-order valence-corrected chi connectivity index (χ0v) is 15.2. The van der Waals surface area contributed by atoms with E-state index in [2.05, 4.69) is 40.5 Å². The van der Waals surface area contributed by atoms with Gasteiger partial charge in [-0.3, -0.25) is 4.79 Å². The molecule has 26 heavy (non-hydrogen) atoms. The molecule has 1 amide bonds. The van der Waals surface area contributed by atoms with Crippen molar-refractivity contribution in [2.24, 2.45) is 5.92 Å². The van der Waals surface area contributed by atoms with E-state index in [0.717, 1.165) is 44.7 Å². The van der Waals surface area contributed by atoms with Crippen LogP contribution in [0.1, 0.15) is 23.2 Å². The minimum atomic E-state index is 0.179. The van der Waals surface area contributed by atoms with Gasteiger partial charge in [-0.05, 0) is 43.0 Å². The van der Waals surface area contributed by atoms with Crippen molar-refractivity contribution in [1.82, 2.24) is 9.80 Å². The molecular weight excluding hydrogens is 322 g/mol. The van der Waals surface area contributed by atoms with E-state index < -0.39 is 0 Å². The first kappa shape index (κ1) is 17.1. The van der Waals surface area contributed by atoms with Crippen LogP contribution in [0.2, 0.25) is 0 Å². The molecule has 4 rings (SSSR count). The highest BCUT2D eigenvalue weighted by Crippen LogP contribution is 2.23. The van der Waals surface area contributed by atoms with Gasteiger partial charge in [-0.1, -0.05) is 36.4 Å². The maximum Gasteiger partial charge on any atom is 0.253 e. The number of hydrogen-bond acceptors (Lipinski definition) is 3. The summed E-state index contributed by atoms with van der Waals surface area (Å²) in [5.74, 6) is 0.774. The smallest absolute Gasteiger partial charge is 0.253 e. The van der Waals surface area contributed by atoms with Crippen LogP contribution in [0.4, 0.5) is 5.69 Å². The molecule has 2 aromatic rings. The van der Waals surface area contributed by atoms with Crippen LogP contribution in [0.15, 0.2) is 60.7 Å². The van der Waals surface area contributed by atoms with Crippen molar-refractivity contribution < 1.29 is 4.79 Å². The second-order valence-corrected chi connectivity index (χ2v) is 7.53. The molecule has 0 aromatic heterocycles. The van der Waals surface area contributed by atoms with Crippen LogP contribution in [-0.4, -0.2) is 54.5 Å². The fraction of sp³-hybridized carbons (Fsp3) is 0.409. The molecule has 0 radical (unpaired) electrons. The standard InChI is InChI=1S/C22H27N3O/c26-22(19-7-3-1-4-8-19)25-14-11-18(16-25)15-24-13-12-21(17-24)23-20-9-5-2-6-10-20/h1-10,18,21,23H,11-17H2/t18-,21+/m0/s1. The molecule has 2 atom stereocenters. The Morgan fingerprint density at radius 2 is 1.65 bits per heavy atom. The normalized spacial score (nSPS) is 23.3. The molecular formula is C22H27N3O. The lowest BCUT2D eigenvalue weighted by Crippen LogP contribution is -2.33. The number of carbonyl (C=O) groups is 1. The molecule has 4 nitrogen and oxygen atoms in total. The van der Waals surface area contributed by atoms with Crippen molar-refractivity contribution in [3.8, 4) is 0 Å². The highest BCUT2D eigenvalue weighted by atomic mass is 16.2. The number of amides is 1. The summed E-state index contributed by atoms with van der Waals surface area (Å²) in [6.45, 7) is 5.12. The van der Waals surface area contributed by atoms with Crippen molar-refractivity contribution in [3.63, 3.8) is 0 Å². The number of carbonyl (C=O) groups excluding carboxylic acids is 1. The van der Waals surface area contributed by atoms with Gasteiger partial charge in [0.25, 0.3) is 5.91 Å². The zero-order chi connectivity index (χ0) is 17.8. The Bertz CT molecular complexity index is 719. The third kappa shape index (κ3) is 4.07. The molecule has 2 aromatic carbocycles. The molecule has 136 valence electrons. The second-order valence-electron chi connectivity index (χ2n) is 7.53. The van der Waals surface area contributed by atoms with Gasteiger partial charge in [-0.2, -0.15) is 0 Å². The highest BCUT2D eigenvalue weighted by Gasteiger charge is 2.30. The van der Waals surface area contributed by atoms with Gasteiger partial charge in [0.15, 0.2) is 0 Å². The van der Waals surface area contributed by atoms with E-state index in [1.165, 1.54) is 12.1 Å². The van der Waals surface area contributed by atoms with Crippen LogP contribution in [0.3, 0.4) is 0 Å². The molecule has 1 N–H and O–H groups in total. The Morgan fingerprint density at radius 1 is 0.923 bits per heavy atom. The lowest BCUT2D eigenvalue weighted by Gasteiger charge is -2.22. The molecule has 2 fully saturated rings. The molecule has 2 saturated heterocycles. The van der Waals surface area contributed by atoms with Crippen LogP contribution in [0, 0.1) is 5.92 Å².